The minimum Gasteiger partial charge on any atom is -0.496 e. The lowest BCUT2D eigenvalue weighted by Gasteiger charge is -2.17. The van der Waals surface area contributed by atoms with Crippen LogP contribution in [-0.4, -0.2) is 14.2 Å². The molecule has 20 heavy (non-hydrogen) atoms. The minimum atomic E-state index is 0.853. The zero-order valence-corrected chi connectivity index (χ0v) is 13.0. The normalized spacial score (nSPS) is 10.7. The van der Waals surface area contributed by atoms with Gasteiger partial charge in [-0.05, 0) is 50.1 Å². The Kier molecular flexibility index (Phi) is 4.46. The lowest BCUT2D eigenvalue weighted by molar-refractivity contribution is 0.413. The average molecular weight is 269 g/mol. The second-order valence-electron chi connectivity index (χ2n) is 5.28. The molecule has 0 saturated carbocycles. The largest absolute Gasteiger partial charge is 0.496 e. The standard InChI is InChI=1S/C18H23NO/c1-12-6-8-15(11-19-4)17(10-12)16-9-7-13(2)14(3)18(16)20-5/h6-10,19H,11H2,1-5H3. The van der Waals surface area contributed by atoms with Gasteiger partial charge in [0, 0.05) is 12.1 Å². The van der Waals surface area contributed by atoms with Crippen molar-refractivity contribution in [2.75, 3.05) is 14.2 Å². The van der Waals surface area contributed by atoms with E-state index in [9.17, 15) is 0 Å². The molecule has 0 radical (unpaired) electrons. The molecule has 106 valence electrons. The van der Waals surface area contributed by atoms with Gasteiger partial charge >= 0.3 is 0 Å². The van der Waals surface area contributed by atoms with E-state index in [4.69, 9.17) is 4.74 Å². The topological polar surface area (TPSA) is 21.3 Å². The van der Waals surface area contributed by atoms with Crippen molar-refractivity contribution in [1.29, 1.82) is 0 Å². The van der Waals surface area contributed by atoms with Gasteiger partial charge in [0.1, 0.15) is 5.75 Å². The molecule has 0 saturated heterocycles. The Balaban J connectivity index is 2.67. The van der Waals surface area contributed by atoms with Crippen molar-refractivity contribution in [3.63, 3.8) is 0 Å². The third-order valence-corrected chi connectivity index (χ3v) is 3.80. The summed E-state index contributed by atoms with van der Waals surface area (Å²) in [5.41, 5.74) is 7.44. The van der Waals surface area contributed by atoms with Gasteiger partial charge in [-0.1, -0.05) is 35.9 Å². The Morgan fingerprint density at radius 1 is 1.00 bits per heavy atom. The summed E-state index contributed by atoms with van der Waals surface area (Å²) in [5.74, 6) is 0.980. The number of methoxy groups -OCH3 is 1. The summed E-state index contributed by atoms with van der Waals surface area (Å²) in [6.45, 7) is 7.21. The van der Waals surface area contributed by atoms with Gasteiger partial charge in [-0.25, -0.2) is 0 Å². The van der Waals surface area contributed by atoms with Crippen LogP contribution in [0.1, 0.15) is 22.3 Å². The molecule has 0 heterocycles. The second kappa shape index (κ2) is 6.10. The Hall–Kier alpha value is -1.80. The SMILES string of the molecule is CNCc1ccc(C)cc1-c1ccc(C)c(C)c1OC. The Labute approximate surface area is 121 Å². The third kappa shape index (κ3) is 2.70. The summed E-state index contributed by atoms with van der Waals surface area (Å²) in [7, 11) is 3.72. The first-order valence-electron chi connectivity index (χ1n) is 6.97. The number of hydrogen-bond acceptors (Lipinski definition) is 2. The summed E-state index contributed by atoms with van der Waals surface area (Å²) in [6.07, 6.45) is 0. The second-order valence-corrected chi connectivity index (χ2v) is 5.28. The van der Waals surface area contributed by atoms with E-state index < -0.39 is 0 Å². The van der Waals surface area contributed by atoms with Crippen molar-refractivity contribution in [1.82, 2.24) is 5.32 Å². The highest BCUT2D eigenvalue weighted by atomic mass is 16.5. The maximum absolute atomic E-state index is 5.66. The van der Waals surface area contributed by atoms with Crippen LogP contribution in [0.15, 0.2) is 30.3 Å². The first-order chi connectivity index (χ1) is 9.58. The molecule has 2 aromatic carbocycles. The van der Waals surface area contributed by atoms with Crippen LogP contribution in [0.3, 0.4) is 0 Å². The minimum absolute atomic E-state index is 0.853. The molecular weight excluding hydrogens is 246 g/mol. The number of hydrogen-bond donors (Lipinski definition) is 1. The molecule has 0 spiro atoms. The quantitative estimate of drug-likeness (QED) is 0.905. The Bertz CT molecular complexity index is 617. The lowest BCUT2D eigenvalue weighted by Crippen LogP contribution is -2.07. The van der Waals surface area contributed by atoms with Crippen LogP contribution in [0.2, 0.25) is 0 Å². The maximum atomic E-state index is 5.66. The third-order valence-electron chi connectivity index (χ3n) is 3.80. The van der Waals surface area contributed by atoms with E-state index in [1.54, 1.807) is 7.11 Å². The van der Waals surface area contributed by atoms with E-state index in [1.165, 1.54) is 33.4 Å². The lowest BCUT2D eigenvalue weighted by atomic mass is 9.93. The van der Waals surface area contributed by atoms with Gasteiger partial charge in [-0.2, -0.15) is 0 Å². The van der Waals surface area contributed by atoms with Gasteiger partial charge in [-0.3, -0.25) is 0 Å². The molecule has 0 aromatic heterocycles. The van der Waals surface area contributed by atoms with Crippen LogP contribution in [0, 0.1) is 20.8 Å². The van der Waals surface area contributed by atoms with Crippen molar-refractivity contribution in [3.05, 3.63) is 52.6 Å². The van der Waals surface area contributed by atoms with Crippen LogP contribution < -0.4 is 10.1 Å². The Morgan fingerprint density at radius 3 is 2.40 bits per heavy atom. The van der Waals surface area contributed by atoms with Gasteiger partial charge in [0.15, 0.2) is 0 Å². The summed E-state index contributed by atoms with van der Waals surface area (Å²) in [6, 6.07) is 10.9. The van der Waals surface area contributed by atoms with Crippen LogP contribution >= 0.6 is 0 Å². The first-order valence-corrected chi connectivity index (χ1v) is 6.97. The van der Waals surface area contributed by atoms with Crippen molar-refractivity contribution >= 4 is 0 Å². The molecule has 2 heteroatoms. The zero-order chi connectivity index (χ0) is 14.7. The zero-order valence-electron chi connectivity index (χ0n) is 13.0. The molecule has 0 fully saturated rings. The fraction of sp³-hybridized carbons (Fsp3) is 0.333. The van der Waals surface area contributed by atoms with Crippen LogP contribution in [0.5, 0.6) is 5.75 Å². The number of nitrogens with one attached hydrogen (secondary N) is 1. The van der Waals surface area contributed by atoms with Gasteiger partial charge in [-0.15, -0.1) is 0 Å². The molecule has 2 rings (SSSR count). The van der Waals surface area contributed by atoms with Crippen molar-refractivity contribution in [2.24, 2.45) is 0 Å². The molecule has 0 amide bonds. The van der Waals surface area contributed by atoms with Gasteiger partial charge in [0.25, 0.3) is 0 Å². The predicted octanol–water partition coefficient (Wildman–Crippen LogP) is 4.01. The summed E-state index contributed by atoms with van der Waals surface area (Å²) in [5, 5.41) is 3.24. The number of rotatable bonds is 4. The highest BCUT2D eigenvalue weighted by molar-refractivity contribution is 5.76. The van der Waals surface area contributed by atoms with Crippen molar-refractivity contribution < 1.29 is 4.74 Å². The van der Waals surface area contributed by atoms with Crippen molar-refractivity contribution in [2.45, 2.75) is 27.3 Å². The number of ether oxygens (including phenoxy) is 1. The van der Waals surface area contributed by atoms with E-state index >= 15 is 0 Å². The van der Waals surface area contributed by atoms with E-state index in [-0.39, 0.29) is 0 Å². The number of benzene rings is 2. The van der Waals surface area contributed by atoms with Gasteiger partial charge in [0.2, 0.25) is 0 Å². The molecule has 2 aromatic rings. The molecular formula is C18H23NO. The fourth-order valence-corrected chi connectivity index (χ4v) is 2.55. The monoisotopic (exact) mass is 269 g/mol. The fourth-order valence-electron chi connectivity index (χ4n) is 2.55. The molecule has 2 nitrogen and oxygen atoms in total. The molecule has 0 atom stereocenters. The van der Waals surface area contributed by atoms with Crippen LogP contribution in [-0.2, 0) is 6.54 Å². The van der Waals surface area contributed by atoms with Crippen LogP contribution in [0.4, 0.5) is 0 Å². The maximum Gasteiger partial charge on any atom is 0.129 e. The summed E-state index contributed by atoms with van der Waals surface area (Å²) >= 11 is 0. The van der Waals surface area contributed by atoms with E-state index in [0.29, 0.717) is 0 Å². The number of aryl methyl sites for hydroxylation is 2. The Morgan fingerprint density at radius 2 is 1.75 bits per heavy atom. The highest BCUT2D eigenvalue weighted by Crippen LogP contribution is 2.36. The highest BCUT2D eigenvalue weighted by Gasteiger charge is 2.13. The molecule has 0 aliphatic heterocycles. The summed E-state index contributed by atoms with van der Waals surface area (Å²) < 4.78 is 5.66. The predicted molar refractivity (Wildman–Crippen MR) is 85.4 cm³/mol. The van der Waals surface area contributed by atoms with E-state index in [0.717, 1.165) is 12.3 Å². The molecule has 0 aliphatic carbocycles. The first kappa shape index (κ1) is 14.6. The van der Waals surface area contributed by atoms with Crippen LogP contribution in [0.25, 0.3) is 11.1 Å². The summed E-state index contributed by atoms with van der Waals surface area (Å²) in [4.78, 5) is 0. The molecule has 0 unspecified atom stereocenters. The van der Waals surface area contributed by atoms with E-state index in [2.05, 4.69) is 56.4 Å². The average Bonchev–Trinajstić information content (AvgIpc) is 2.44. The smallest absolute Gasteiger partial charge is 0.129 e. The molecule has 0 aliphatic rings. The van der Waals surface area contributed by atoms with Crippen molar-refractivity contribution in [3.8, 4) is 16.9 Å². The van der Waals surface area contributed by atoms with E-state index in [1.807, 2.05) is 7.05 Å². The van der Waals surface area contributed by atoms with Gasteiger partial charge < -0.3 is 10.1 Å². The van der Waals surface area contributed by atoms with Gasteiger partial charge in [0.05, 0.1) is 7.11 Å². The molecule has 1 N–H and O–H groups in total. The molecule has 0 bridgehead atoms.